The smallest absolute Gasteiger partial charge is 0.0558 e. The van der Waals surface area contributed by atoms with Crippen LogP contribution in [0.15, 0.2) is 0 Å². The molecule has 0 aliphatic carbocycles. The van der Waals surface area contributed by atoms with Gasteiger partial charge in [-0.3, -0.25) is 4.90 Å². The van der Waals surface area contributed by atoms with Crippen molar-refractivity contribution < 1.29 is 10.2 Å². The van der Waals surface area contributed by atoms with E-state index in [1.807, 2.05) is 0 Å². The summed E-state index contributed by atoms with van der Waals surface area (Å²) < 4.78 is 0. The van der Waals surface area contributed by atoms with Crippen molar-refractivity contribution in [2.24, 2.45) is 5.41 Å². The summed E-state index contributed by atoms with van der Waals surface area (Å²) >= 11 is 0. The second-order valence-electron chi connectivity index (χ2n) is 5.42. The van der Waals surface area contributed by atoms with Gasteiger partial charge in [0.1, 0.15) is 0 Å². The molecule has 0 saturated heterocycles. The Kier molecular flexibility index (Phi) is 8.78. The van der Waals surface area contributed by atoms with Crippen molar-refractivity contribution in [1.82, 2.24) is 10.2 Å². The molecule has 0 heterocycles. The molecular weight excluding hydrogens is 216 g/mol. The van der Waals surface area contributed by atoms with Crippen LogP contribution in [0.3, 0.4) is 0 Å². The van der Waals surface area contributed by atoms with Crippen LogP contribution in [0.4, 0.5) is 0 Å². The standard InChI is InChI=1S/C13H30N2O2/c1-5-13(4,10-14-12(2)3)11-15(6-8-16)7-9-17/h12,14,16-17H,5-11H2,1-4H3. The minimum absolute atomic E-state index is 0.150. The fourth-order valence-corrected chi connectivity index (χ4v) is 1.84. The minimum Gasteiger partial charge on any atom is -0.395 e. The fraction of sp³-hybridized carbons (Fsp3) is 1.00. The second-order valence-corrected chi connectivity index (χ2v) is 5.42. The molecule has 1 atom stereocenters. The topological polar surface area (TPSA) is 55.7 Å². The summed E-state index contributed by atoms with van der Waals surface area (Å²) in [7, 11) is 0. The molecule has 0 aliphatic heterocycles. The van der Waals surface area contributed by atoms with Gasteiger partial charge in [0.05, 0.1) is 13.2 Å². The van der Waals surface area contributed by atoms with Crippen molar-refractivity contribution in [3.63, 3.8) is 0 Å². The first-order valence-electron chi connectivity index (χ1n) is 6.65. The zero-order valence-electron chi connectivity index (χ0n) is 11.9. The average molecular weight is 246 g/mol. The van der Waals surface area contributed by atoms with Crippen LogP contribution in [-0.4, -0.2) is 60.5 Å². The van der Waals surface area contributed by atoms with Crippen LogP contribution < -0.4 is 5.32 Å². The minimum atomic E-state index is 0.150. The van der Waals surface area contributed by atoms with E-state index in [2.05, 4.69) is 37.9 Å². The molecule has 0 saturated carbocycles. The van der Waals surface area contributed by atoms with Gasteiger partial charge in [-0.1, -0.05) is 27.7 Å². The molecule has 104 valence electrons. The monoisotopic (exact) mass is 246 g/mol. The highest BCUT2D eigenvalue weighted by Crippen LogP contribution is 2.21. The number of hydrogen-bond acceptors (Lipinski definition) is 4. The van der Waals surface area contributed by atoms with E-state index in [9.17, 15) is 0 Å². The summed E-state index contributed by atoms with van der Waals surface area (Å²) in [4.78, 5) is 2.13. The van der Waals surface area contributed by atoms with Crippen LogP contribution >= 0.6 is 0 Å². The molecular formula is C13H30N2O2. The normalized spacial score (nSPS) is 15.5. The molecule has 0 aromatic carbocycles. The Morgan fingerprint density at radius 2 is 1.71 bits per heavy atom. The van der Waals surface area contributed by atoms with Gasteiger partial charge >= 0.3 is 0 Å². The fourth-order valence-electron chi connectivity index (χ4n) is 1.84. The summed E-state index contributed by atoms with van der Waals surface area (Å²) in [5, 5.41) is 21.5. The predicted molar refractivity (Wildman–Crippen MR) is 72.1 cm³/mol. The molecule has 17 heavy (non-hydrogen) atoms. The van der Waals surface area contributed by atoms with E-state index in [1.54, 1.807) is 0 Å². The predicted octanol–water partition coefficient (Wildman–Crippen LogP) is 0.687. The van der Waals surface area contributed by atoms with Crippen molar-refractivity contribution >= 4 is 0 Å². The SMILES string of the molecule is CCC(C)(CNC(C)C)CN(CCO)CCO. The Morgan fingerprint density at radius 1 is 1.18 bits per heavy atom. The highest BCUT2D eigenvalue weighted by molar-refractivity contribution is 4.80. The van der Waals surface area contributed by atoms with Gasteiger partial charge in [-0.2, -0.15) is 0 Å². The Bertz CT molecular complexity index is 182. The van der Waals surface area contributed by atoms with Gasteiger partial charge in [0.15, 0.2) is 0 Å². The third kappa shape index (κ3) is 7.71. The number of nitrogens with zero attached hydrogens (tertiary/aromatic N) is 1. The summed E-state index contributed by atoms with van der Waals surface area (Å²) in [6, 6.07) is 0.491. The number of aliphatic hydroxyl groups is 2. The lowest BCUT2D eigenvalue weighted by molar-refractivity contribution is 0.107. The molecule has 0 amide bonds. The molecule has 3 N–H and O–H groups in total. The zero-order chi connectivity index (χ0) is 13.3. The first kappa shape index (κ1) is 16.8. The Balaban J connectivity index is 4.29. The lowest BCUT2D eigenvalue weighted by Crippen LogP contribution is -2.45. The van der Waals surface area contributed by atoms with Crippen LogP contribution in [0.1, 0.15) is 34.1 Å². The van der Waals surface area contributed by atoms with Crippen LogP contribution in [0.5, 0.6) is 0 Å². The van der Waals surface area contributed by atoms with Crippen LogP contribution in [0, 0.1) is 5.41 Å². The lowest BCUT2D eigenvalue weighted by atomic mass is 9.86. The molecule has 0 aromatic rings. The maximum atomic E-state index is 9.01. The Morgan fingerprint density at radius 3 is 2.06 bits per heavy atom. The second kappa shape index (κ2) is 8.86. The highest BCUT2D eigenvalue weighted by atomic mass is 16.3. The first-order chi connectivity index (χ1) is 7.97. The molecule has 0 aromatic heterocycles. The summed E-state index contributed by atoms with van der Waals surface area (Å²) in [5.74, 6) is 0. The molecule has 0 fully saturated rings. The van der Waals surface area contributed by atoms with Gasteiger partial charge in [-0.05, 0) is 11.8 Å². The molecule has 0 aliphatic rings. The van der Waals surface area contributed by atoms with Gasteiger partial charge < -0.3 is 15.5 Å². The number of aliphatic hydroxyl groups excluding tert-OH is 2. The van der Waals surface area contributed by atoms with Crippen LogP contribution in [0.25, 0.3) is 0 Å². The van der Waals surface area contributed by atoms with E-state index in [0.29, 0.717) is 19.1 Å². The molecule has 4 nitrogen and oxygen atoms in total. The van der Waals surface area contributed by atoms with Crippen molar-refractivity contribution in [2.45, 2.75) is 40.2 Å². The largest absolute Gasteiger partial charge is 0.395 e. The van der Waals surface area contributed by atoms with Crippen molar-refractivity contribution in [3.05, 3.63) is 0 Å². The van der Waals surface area contributed by atoms with Gasteiger partial charge in [0, 0.05) is 32.2 Å². The summed E-state index contributed by atoms with van der Waals surface area (Å²) in [6.07, 6.45) is 1.08. The molecule has 0 rings (SSSR count). The van der Waals surface area contributed by atoms with Crippen molar-refractivity contribution in [1.29, 1.82) is 0 Å². The van der Waals surface area contributed by atoms with Gasteiger partial charge in [-0.25, -0.2) is 0 Å². The van der Waals surface area contributed by atoms with E-state index >= 15 is 0 Å². The molecule has 0 spiro atoms. The van der Waals surface area contributed by atoms with E-state index < -0.39 is 0 Å². The third-order valence-corrected chi connectivity index (χ3v) is 3.23. The Labute approximate surface area is 106 Å². The molecule has 1 unspecified atom stereocenters. The Hall–Kier alpha value is -0.160. The van der Waals surface area contributed by atoms with Crippen LogP contribution in [0.2, 0.25) is 0 Å². The van der Waals surface area contributed by atoms with E-state index in [-0.39, 0.29) is 18.6 Å². The van der Waals surface area contributed by atoms with E-state index in [0.717, 1.165) is 19.5 Å². The quantitative estimate of drug-likeness (QED) is 0.531. The first-order valence-corrected chi connectivity index (χ1v) is 6.65. The maximum Gasteiger partial charge on any atom is 0.0558 e. The number of rotatable bonds is 10. The maximum absolute atomic E-state index is 9.01. The van der Waals surface area contributed by atoms with Gasteiger partial charge in [0.2, 0.25) is 0 Å². The number of nitrogens with one attached hydrogen (secondary N) is 1. The van der Waals surface area contributed by atoms with Crippen molar-refractivity contribution in [3.8, 4) is 0 Å². The molecule has 0 bridgehead atoms. The highest BCUT2D eigenvalue weighted by Gasteiger charge is 2.25. The van der Waals surface area contributed by atoms with E-state index in [1.165, 1.54) is 0 Å². The third-order valence-electron chi connectivity index (χ3n) is 3.23. The van der Waals surface area contributed by atoms with Crippen molar-refractivity contribution in [2.75, 3.05) is 39.4 Å². The van der Waals surface area contributed by atoms with Crippen LogP contribution in [-0.2, 0) is 0 Å². The van der Waals surface area contributed by atoms with Gasteiger partial charge in [0.25, 0.3) is 0 Å². The lowest BCUT2D eigenvalue weighted by Gasteiger charge is -2.35. The average Bonchev–Trinajstić information content (AvgIpc) is 2.27. The zero-order valence-corrected chi connectivity index (χ0v) is 11.9. The summed E-state index contributed by atoms with van der Waals surface area (Å²) in [5.41, 5.74) is 0.189. The number of hydrogen-bond donors (Lipinski definition) is 3. The molecule has 4 heteroatoms. The summed E-state index contributed by atoms with van der Waals surface area (Å²) in [6.45, 7) is 12.2. The van der Waals surface area contributed by atoms with Gasteiger partial charge in [-0.15, -0.1) is 0 Å². The molecule has 0 radical (unpaired) electrons. The van der Waals surface area contributed by atoms with E-state index in [4.69, 9.17) is 10.2 Å².